The largest absolute Gasteiger partial charge is 0.478 e. The molecule has 1 aromatic rings. The zero-order valence-electron chi connectivity index (χ0n) is 15.0. The lowest BCUT2D eigenvalue weighted by molar-refractivity contribution is 0.0692. The van der Waals surface area contributed by atoms with Crippen LogP contribution in [0.2, 0.25) is 16.6 Å². The Morgan fingerprint density at radius 2 is 1.65 bits per heavy atom. The summed E-state index contributed by atoms with van der Waals surface area (Å²) < 4.78 is 20.2. The smallest absolute Gasteiger partial charge is 0.338 e. The van der Waals surface area contributed by atoms with Crippen molar-refractivity contribution in [1.29, 1.82) is 0 Å². The van der Waals surface area contributed by atoms with Crippen LogP contribution in [0.5, 0.6) is 0 Å². The number of hydrogen-bond donors (Lipinski definition) is 1. The molecule has 130 valence electrons. The first-order chi connectivity index (χ1) is 10.6. The van der Waals surface area contributed by atoms with E-state index in [4.69, 9.17) is 9.53 Å². The SMILES string of the molecule is CC(C)[Si](OCCc1ccc(C(=O)O)c(F)c1)(C(C)C)C(C)C. The average molecular weight is 341 g/mol. The van der Waals surface area contributed by atoms with E-state index in [9.17, 15) is 9.18 Å². The highest BCUT2D eigenvalue weighted by Gasteiger charge is 2.44. The number of halogens is 1. The van der Waals surface area contributed by atoms with Crippen LogP contribution in [0.4, 0.5) is 4.39 Å². The highest BCUT2D eigenvalue weighted by atomic mass is 28.4. The van der Waals surface area contributed by atoms with Gasteiger partial charge in [0.05, 0.1) is 5.56 Å². The normalized spacial score (nSPS) is 12.4. The zero-order valence-corrected chi connectivity index (χ0v) is 16.0. The van der Waals surface area contributed by atoms with Gasteiger partial charge < -0.3 is 9.53 Å². The number of rotatable bonds is 8. The van der Waals surface area contributed by atoms with E-state index < -0.39 is 20.1 Å². The quantitative estimate of drug-likeness (QED) is 0.657. The van der Waals surface area contributed by atoms with Gasteiger partial charge in [-0.2, -0.15) is 0 Å². The van der Waals surface area contributed by atoms with Gasteiger partial charge in [-0.1, -0.05) is 47.6 Å². The lowest BCUT2D eigenvalue weighted by Gasteiger charge is -2.42. The van der Waals surface area contributed by atoms with Gasteiger partial charge in [-0.25, -0.2) is 9.18 Å². The average Bonchev–Trinajstić information content (AvgIpc) is 2.41. The van der Waals surface area contributed by atoms with E-state index >= 15 is 0 Å². The molecule has 0 aromatic heterocycles. The van der Waals surface area contributed by atoms with E-state index in [-0.39, 0.29) is 5.56 Å². The molecule has 3 nitrogen and oxygen atoms in total. The van der Waals surface area contributed by atoms with Gasteiger partial charge in [0.2, 0.25) is 0 Å². The Bertz CT molecular complexity index is 519. The summed E-state index contributed by atoms with van der Waals surface area (Å²) in [5.74, 6) is -1.92. The third kappa shape index (κ3) is 4.41. The molecule has 0 aliphatic heterocycles. The van der Waals surface area contributed by atoms with Crippen LogP contribution in [0.25, 0.3) is 0 Å². The van der Waals surface area contributed by atoms with Crippen molar-refractivity contribution in [2.75, 3.05) is 6.61 Å². The van der Waals surface area contributed by atoms with E-state index in [1.165, 1.54) is 12.1 Å². The van der Waals surface area contributed by atoms with Gasteiger partial charge in [0, 0.05) is 6.61 Å². The molecular formula is C18H29FO3Si. The lowest BCUT2D eigenvalue weighted by Crippen LogP contribution is -2.48. The molecule has 0 saturated heterocycles. The predicted octanol–water partition coefficient (Wildman–Crippen LogP) is 5.26. The summed E-state index contributed by atoms with van der Waals surface area (Å²) in [6.45, 7) is 13.9. The van der Waals surface area contributed by atoms with Gasteiger partial charge in [0.25, 0.3) is 0 Å². The molecule has 0 heterocycles. The summed E-state index contributed by atoms with van der Waals surface area (Å²) in [5, 5.41) is 8.86. The van der Waals surface area contributed by atoms with Crippen molar-refractivity contribution in [3.8, 4) is 0 Å². The molecule has 0 bridgehead atoms. The second-order valence-electron chi connectivity index (χ2n) is 7.04. The number of carboxylic acids is 1. The van der Waals surface area contributed by atoms with E-state index in [0.29, 0.717) is 29.7 Å². The van der Waals surface area contributed by atoms with E-state index in [1.807, 2.05) is 0 Å². The Labute approximate surface area is 140 Å². The molecule has 1 aromatic carbocycles. The third-order valence-corrected chi connectivity index (χ3v) is 10.8. The first kappa shape index (κ1) is 19.8. The van der Waals surface area contributed by atoms with Crippen LogP contribution < -0.4 is 0 Å². The van der Waals surface area contributed by atoms with Crippen molar-refractivity contribution in [2.45, 2.75) is 64.6 Å². The molecule has 0 radical (unpaired) electrons. The van der Waals surface area contributed by atoms with Crippen LogP contribution >= 0.6 is 0 Å². The van der Waals surface area contributed by atoms with E-state index in [2.05, 4.69) is 41.5 Å². The molecule has 1 rings (SSSR count). The number of carbonyl (C=O) groups is 1. The Morgan fingerprint density at radius 1 is 1.13 bits per heavy atom. The number of aromatic carboxylic acids is 1. The van der Waals surface area contributed by atoms with Gasteiger partial charge in [-0.3, -0.25) is 0 Å². The Kier molecular flexibility index (Phi) is 6.95. The fourth-order valence-electron chi connectivity index (χ4n) is 3.73. The Balaban J connectivity index is 2.81. The number of carboxylic acid groups (broad SMARTS) is 1. The summed E-state index contributed by atoms with van der Waals surface area (Å²) in [7, 11) is -1.91. The third-order valence-electron chi connectivity index (χ3n) is 4.71. The fraction of sp³-hybridized carbons (Fsp3) is 0.611. The monoisotopic (exact) mass is 340 g/mol. The van der Waals surface area contributed by atoms with Crippen LogP contribution in [0, 0.1) is 5.82 Å². The first-order valence-electron chi connectivity index (χ1n) is 8.28. The van der Waals surface area contributed by atoms with E-state index in [1.54, 1.807) is 6.07 Å². The molecular weight excluding hydrogens is 311 g/mol. The summed E-state index contributed by atoms with van der Waals surface area (Å²) >= 11 is 0. The van der Waals surface area contributed by atoms with Gasteiger partial charge in [-0.05, 0) is 40.7 Å². The standard InChI is InChI=1S/C18H29FO3Si/c1-12(2)23(13(3)4,14(5)6)22-10-9-15-7-8-16(18(20)21)17(19)11-15/h7-8,11-14H,9-10H2,1-6H3,(H,20,21). The molecule has 1 N–H and O–H groups in total. The van der Waals surface area contributed by atoms with Crippen molar-refractivity contribution in [2.24, 2.45) is 0 Å². The Morgan fingerprint density at radius 3 is 2.04 bits per heavy atom. The Hall–Kier alpha value is -1.20. The molecule has 0 saturated carbocycles. The molecule has 0 aliphatic carbocycles. The highest BCUT2D eigenvalue weighted by molar-refractivity contribution is 6.77. The maximum absolute atomic E-state index is 13.7. The van der Waals surface area contributed by atoms with Crippen LogP contribution in [-0.4, -0.2) is 26.0 Å². The lowest BCUT2D eigenvalue weighted by atomic mass is 10.1. The molecule has 0 unspecified atom stereocenters. The molecule has 0 amide bonds. The number of benzene rings is 1. The van der Waals surface area contributed by atoms with Crippen molar-refractivity contribution in [3.05, 3.63) is 35.1 Å². The molecule has 0 atom stereocenters. The topological polar surface area (TPSA) is 46.5 Å². The van der Waals surface area contributed by atoms with Crippen molar-refractivity contribution < 1.29 is 18.7 Å². The van der Waals surface area contributed by atoms with Crippen molar-refractivity contribution in [3.63, 3.8) is 0 Å². The predicted molar refractivity (Wildman–Crippen MR) is 94.1 cm³/mol. The van der Waals surface area contributed by atoms with Gasteiger partial charge in [-0.15, -0.1) is 0 Å². The minimum absolute atomic E-state index is 0.287. The zero-order chi connectivity index (χ0) is 17.8. The van der Waals surface area contributed by atoms with Gasteiger partial charge >= 0.3 is 5.97 Å². The molecule has 5 heteroatoms. The second-order valence-corrected chi connectivity index (χ2v) is 12.5. The second kappa shape index (κ2) is 8.06. The van der Waals surface area contributed by atoms with Gasteiger partial charge in [0.1, 0.15) is 5.82 Å². The summed E-state index contributed by atoms with van der Waals surface area (Å²) in [4.78, 5) is 10.8. The van der Waals surface area contributed by atoms with Crippen LogP contribution in [0.1, 0.15) is 57.5 Å². The minimum Gasteiger partial charge on any atom is -0.478 e. The molecule has 23 heavy (non-hydrogen) atoms. The summed E-state index contributed by atoms with van der Waals surface area (Å²) in [6, 6.07) is 4.29. The number of hydrogen-bond acceptors (Lipinski definition) is 2. The van der Waals surface area contributed by atoms with Crippen LogP contribution in [0.3, 0.4) is 0 Å². The van der Waals surface area contributed by atoms with Crippen LogP contribution in [0.15, 0.2) is 18.2 Å². The highest BCUT2D eigenvalue weighted by Crippen LogP contribution is 2.42. The minimum atomic E-state index is -1.91. The summed E-state index contributed by atoms with van der Waals surface area (Å²) in [5.41, 5.74) is 2.01. The summed E-state index contributed by atoms with van der Waals surface area (Å²) in [6.07, 6.45) is 0.595. The first-order valence-corrected chi connectivity index (χ1v) is 10.4. The maximum Gasteiger partial charge on any atom is 0.338 e. The van der Waals surface area contributed by atoms with E-state index in [0.717, 1.165) is 5.56 Å². The van der Waals surface area contributed by atoms with Crippen LogP contribution in [-0.2, 0) is 10.8 Å². The molecule has 0 fully saturated rings. The van der Waals surface area contributed by atoms with Crippen molar-refractivity contribution >= 4 is 14.3 Å². The maximum atomic E-state index is 13.7. The molecule has 0 aliphatic rings. The van der Waals surface area contributed by atoms with Crippen molar-refractivity contribution in [1.82, 2.24) is 0 Å². The molecule has 0 spiro atoms. The fourth-order valence-corrected chi connectivity index (χ4v) is 9.19. The van der Waals surface area contributed by atoms with Gasteiger partial charge in [0.15, 0.2) is 8.32 Å².